The van der Waals surface area contributed by atoms with Gasteiger partial charge in [0.05, 0.1) is 13.2 Å². The van der Waals surface area contributed by atoms with Gasteiger partial charge < -0.3 is 15.0 Å². The molecule has 1 fully saturated rings. The van der Waals surface area contributed by atoms with Gasteiger partial charge in [0.1, 0.15) is 5.82 Å². The first-order valence-corrected chi connectivity index (χ1v) is 7.91. The first-order valence-electron chi connectivity index (χ1n) is 7.91. The lowest BCUT2D eigenvalue weighted by molar-refractivity contribution is 0.157. The minimum Gasteiger partial charge on any atom is -0.384 e. The predicted octanol–water partition coefficient (Wildman–Crippen LogP) is 3.19. The number of benzene rings is 1. The predicted molar refractivity (Wildman–Crippen MR) is 103 cm³/mol. The molecule has 0 radical (unpaired) electrons. The fraction of sp³-hybridized carbons (Fsp3) is 0.588. The molecule has 0 aromatic heterocycles. The Hall–Kier alpha value is -0.890. The highest BCUT2D eigenvalue weighted by Crippen LogP contribution is 2.17. The molecule has 0 bridgehead atoms. The van der Waals surface area contributed by atoms with Crippen LogP contribution in [0.2, 0.25) is 0 Å². The van der Waals surface area contributed by atoms with Crippen LogP contribution in [-0.4, -0.2) is 44.2 Å². The number of hydrogen-bond acceptors (Lipinski definition) is 2. The van der Waals surface area contributed by atoms with Gasteiger partial charge in [-0.25, -0.2) is 9.38 Å². The first kappa shape index (κ1) is 20.2. The van der Waals surface area contributed by atoms with E-state index in [0.717, 1.165) is 44.2 Å². The highest BCUT2D eigenvalue weighted by atomic mass is 127. The van der Waals surface area contributed by atoms with Crippen molar-refractivity contribution in [3.8, 4) is 0 Å². The van der Waals surface area contributed by atoms with Crippen molar-refractivity contribution in [2.24, 2.45) is 10.9 Å². The van der Waals surface area contributed by atoms with Gasteiger partial charge in [0.2, 0.25) is 0 Å². The molecule has 1 aliphatic heterocycles. The number of nitrogens with one attached hydrogen (secondary N) is 1. The lowest BCUT2D eigenvalue weighted by Gasteiger charge is -2.21. The zero-order valence-electron chi connectivity index (χ0n) is 14.1. The van der Waals surface area contributed by atoms with E-state index in [1.165, 1.54) is 0 Å². The van der Waals surface area contributed by atoms with E-state index >= 15 is 0 Å². The third kappa shape index (κ3) is 5.91. The zero-order valence-corrected chi connectivity index (χ0v) is 16.5. The molecule has 0 saturated carbocycles. The van der Waals surface area contributed by atoms with Crippen LogP contribution in [0.5, 0.6) is 0 Å². The van der Waals surface area contributed by atoms with Crippen molar-refractivity contribution < 1.29 is 9.13 Å². The summed E-state index contributed by atoms with van der Waals surface area (Å²) in [5, 5.41) is 3.32. The number of methoxy groups -OCH3 is 1. The van der Waals surface area contributed by atoms with E-state index in [0.29, 0.717) is 18.0 Å². The Balaban J connectivity index is 0.00000264. The molecule has 1 aromatic rings. The van der Waals surface area contributed by atoms with E-state index in [1.54, 1.807) is 26.2 Å². The molecule has 23 heavy (non-hydrogen) atoms. The molecule has 1 heterocycles. The molecule has 1 aliphatic rings. The van der Waals surface area contributed by atoms with Gasteiger partial charge in [0.25, 0.3) is 0 Å². The van der Waals surface area contributed by atoms with Gasteiger partial charge in [0, 0.05) is 32.7 Å². The summed E-state index contributed by atoms with van der Waals surface area (Å²) in [6, 6.07) is 5.31. The Morgan fingerprint density at radius 3 is 2.91 bits per heavy atom. The number of likely N-dealkylation sites (tertiary alicyclic amines) is 1. The molecular formula is C17H27FIN3O. The minimum atomic E-state index is -0.168. The molecule has 4 nitrogen and oxygen atoms in total. The molecule has 6 heteroatoms. The van der Waals surface area contributed by atoms with Crippen molar-refractivity contribution in [3.05, 3.63) is 35.1 Å². The Kier molecular flexibility index (Phi) is 8.83. The number of rotatable bonds is 5. The lowest BCUT2D eigenvalue weighted by atomic mass is 10.1. The summed E-state index contributed by atoms with van der Waals surface area (Å²) < 4.78 is 18.8. The molecule has 1 saturated heterocycles. The molecule has 0 spiro atoms. The van der Waals surface area contributed by atoms with Crippen LogP contribution in [0.25, 0.3) is 0 Å². The van der Waals surface area contributed by atoms with Crippen LogP contribution >= 0.6 is 24.0 Å². The second-order valence-electron chi connectivity index (χ2n) is 5.81. The van der Waals surface area contributed by atoms with Gasteiger partial charge in [-0.1, -0.05) is 12.1 Å². The van der Waals surface area contributed by atoms with Gasteiger partial charge in [-0.15, -0.1) is 24.0 Å². The Morgan fingerprint density at radius 2 is 2.26 bits per heavy atom. The van der Waals surface area contributed by atoms with E-state index < -0.39 is 0 Å². The van der Waals surface area contributed by atoms with Crippen molar-refractivity contribution in [1.29, 1.82) is 0 Å². The number of ether oxygens (including phenoxy) is 1. The van der Waals surface area contributed by atoms with E-state index in [9.17, 15) is 4.39 Å². The SMILES string of the molecule is CCNC(=NCc1ccc(C)c(F)c1)N1CCC(COC)C1.I. The summed E-state index contributed by atoms with van der Waals surface area (Å²) in [4.78, 5) is 6.92. The molecule has 0 aliphatic carbocycles. The summed E-state index contributed by atoms with van der Waals surface area (Å²) in [6.45, 7) is 7.89. The average Bonchev–Trinajstić information content (AvgIpc) is 2.96. The molecule has 1 aromatic carbocycles. The third-order valence-corrected chi connectivity index (χ3v) is 3.97. The molecule has 1 N–H and O–H groups in total. The van der Waals surface area contributed by atoms with Crippen LogP contribution in [0.3, 0.4) is 0 Å². The summed E-state index contributed by atoms with van der Waals surface area (Å²) in [5.74, 6) is 1.30. The maximum Gasteiger partial charge on any atom is 0.194 e. The maximum absolute atomic E-state index is 13.6. The van der Waals surface area contributed by atoms with Crippen molar-refractivity contribution in [2.75, 3.05) is 33.4 Å². The highest BCUT2D eigenvalue weighted by Gasteiger charge is 2.24. The van der Waals surface area contributed by atoms with Crippen molar-refractivity contribution in [3.63, 3.8) is 0 Å². The van der Waals surface area contributed by atoms with Crippen LogP contribution in [0, 0.1) is 18.7 Å². The van der Waals surface area contributed by atoms with Crippen LogP contribution < -0.4 is 5.32 Å². The lowest BCUT2D eigenvalue weighted by Crippen LogP contribution is -2.40. The largest absolute Gasteiger partial charge is 0.384 e. The van der Waals surface area contributed by atoms with Crippen LogP contribution in [0.4, 0.5) is 4.39 Å². The molecule has 1 unspecified atom stereocenters. The van der Waals surface area contributed by atoms with E-state index in [2.05, 4.69) is 22.1 Å². The van der Waals surface area contributed by atoms with Gasteiger partial charge in [0.15, 0.2) is 5.96 Å². The van der Waals surface area contributed by atoms with Crippen molar-refractivity contribution in [1.82, 2.24) is 10.2 Å². The fourth-order valence-corrected chi connectivity index (χ4v) is 2.72. The summed E-state index contributed by atoms with van der Waals surface area (Å²) in [7, 11) is 1.74. The molecular weight excluding hydrogens is 408 g/mol. The molecule has 1 atom stereocenters. The van der Waals surface area contributed by atoms with Crippen molar-refractivity contribution >= 4 is 29.9 Å². The Bertz CT molecular complexity index is 525. The second kappa shape index (κ2) is 10.1. The topological polar surface area (TPSA) is 36.9 Å². The number of aliphatic imine (C=N–C) groups is 1. The van der Waals surface area contributed by atoms with Crippen LogP contribution in [0.1, 0.15) is 24.5 Å². The average molecular weight is 435 g/mol. The number of nitrogens with zero attached hydrogens (tertiary/aromatic N) is 2. The van der Waals surface area contributed by atoms with Gasteiger partial charge in [-0.2, -0.15) is 0 Å². The summed E-state index contributed by atoms with van der Waals surface area (Å²) >= 11 is 0. The minimum absolute atomic E-state index is 0. The number of hydrogen-bond donors (Lipinski definition) is 1. The summed E-state index contributed by atoms with van der Waals surface area (Å²) in [5.41, 5.74) is 1.56. The summed E-state index contributed by atoms with van der Waals surface area (Å²) in [6.07, 6.45) is 1.12. The second-order valence-corrected chi connectivity index (χ2v) is 5.81. The number of aryl methyl sites for hydroxylation is 1. The number of halogens is 2. The van der Waals surface area contributed by atoms with E-state index in [1.807, 2.05) is 6.07 Å². The first-order chi connectivity index (χ1) is 10.6. The van der Waals surface area contributed by atoms with Gasteiger partial charge in [-0.3, -0.25) is 0 Å². The molecule has 2 rings (SSSR count). The Morgan fingerprint density at radius 1 is 1.48 bits per heavy atom. The van der Waals surface area contributed by atoms with Crippen LogP contribution in [0.15, 0.2) is 23.2 Å². The quantitative estimate of drug-likeness (QED) is 0.439. The normalized spacial score (nSPS) is 18.0. The zero-order chi connectivity index (χ0) is 15.9. The van der Waals surface area contributed by atoms with Gasteiger partial charge >= 0.3 is 0 Å². The van der Waals surface area contributed by atoms with E-state index in [4.69, 9.17) is 4.74 Å². The highest BCUT2D eigenvalue weighted by molar-refractivity contribution is 14.0. The molecule has 130 valence electrons. The standard InChI is InChI=1S/C17H26FN3O.HI/c1-4-19-17(21-8-7-15(11-21)12-22-3)20-10-14-6-5-13(2)16(18)9-14;/h5-6,9,15H,4,7-8,10-12H2,1-3H3,(H,19,20);1H. The monoisotopic (exact) mass is 435 g/mol. The van der Waals surface area contributed by atoms with Crippen molar-refractivity contribution in [2.45, 2.75) is 26.8 Å². The third-order valence-electron chi connectivity index (χ3n) is 3.97. The number of guanidine groups is 1. The molecule has 0 amide bonds. The van der Waals surface area contributed by atoms with Crippen LogP contribution in [-0.2, 0) is 11.3 Å². The Labute approximate surface area is 155 Å². The smallest absolute Gasteiger partial charge is 0.194 e. The van der Waals surface area contributed by atoms with E-state index in [-0.39, 0.29) is 29.8 Å². The maximum atomic E-state index is 13.6. The fourth-order valence-electron chi connectivity index (χ4n) is 2.72. The van der Waals surface area contributed by atoms with Gasteiger partial charge in [-0.05, 0) is 37.5 Å².